The Bertz CT molecular complexity index is 747. The normalized spacial score (nSPS) is 29.0. The Kier molecular flexibility index (Phi) is 4.10. The van der Waals surface area contributed by atoms with Gasteiger partial charge in [0.1, 0.15) is 0 Å². The van der Waals surface area contributed by atoms with Crippen LogP contribution in [0.2, 0.25) is 0 Å². The SMILES string of the molecule is Cc1ccc2c(c1)C1(CCN(C(=O)C3(F)CC3)CC1)CC2N1CCOCC1. The molecule has 1 saturated carbocycles. The Morgan fingerprint density at radius 3 is 2.48 bits per heavy atom. The number of carbonyl (C=O) groups is 1. The minimum atomic E-state index is -1.54. The minimum Gasteiger partial charge on any atom is -0.379 e. The van der Waals surface area contributed by atoms with E-state index in [1.54, 1.807) is 4.90 Å². The molecule has 0 aromatic heterocycles. The van der Waals surface area contributed by atoms with E-state index in [2.05, 4.69) is 30.0 Å². The van der Waals surface area contributed by atoms with E-state index < -0.39 is 5.67 Å². The highest BCUT2D eigenvalue weighted by atomic mass is 19.1. The Hall–Kier alpha value is -1.46. The Morgan fingerprint density at radius 1 is 1.11 bits per heavy atom. The number of carbonyl (C=O) groups excluding carboxylic acids is 1. The van der Waals surface area contributed by atoms with E-state index in [4.69, 9.17) is 4.74 Å². The van der Waals surface area contributed by atoms with Gasteiger partial charge in [-0.1, -0.05) is 23.8 Å². The Labute approximate surface area is 160 Å². The number of benzene rings is 1. The van der Waals surface area contributed by atoms with Gasteiger partial charge in [-0.15, -0.1) is 0 Å². The summed E-state index contributed by atoms with van der Waals surface area (Å²) in [7, 11) is 0. The minimum absolute atomic E-state index is 0.133. The molecule has 4 aliphatic rings. The van der Waals surface area contributed by atoms with Crippen LogP contribution < -0.4 is 0 Å². The number of morpholine rings is 1. The lowest BCUT2D eigenvalue weighted by molar-refractivity contribution is -0.139. The predicted molar refractivity (Wildman–Crippen MR) is 101 cm³/mol. The number of alkyl halides is 1. The van der Waals surface area contributed by atoms with Crippen LogP contribution in [0.3, 0.4) is 0 Å². The summed E-state index contributed by atoms with van der Waals surface area (Å²) in [6.45, 7) is 7.14. The number of ether oxygens (including phenoxy) is 1. The van der Waals surface area contributed by atoms with E-state index in [1.807, 2.05) is 0 Å². The molecule has 5 rings (SSSR count). The molecule has 1 amide bonds. The van der Waals surface area contributed by atoms with E-state index in [0.29, 0.717) is 32.0 Å². The molecule has 146 valence electrons. The van der Waals surface area contributed by atoms with Crippen LogP contribution in [-0.4, -0.2) is 60.8 Å². The van der Waals surface area contributed by atoms with Gasteiger partial charge < -0.3 is 9.64 Å². The van der Waals surface area contributed by atoms with Crippen LogP contribution in [0.15, 0.2) is 18.2 Å². The van der Waals surface area contributed by atoms with Crippen molar-refractivity contribution in [3.63, 3.8) is 0 Å². The first-order valence-electron chi connectivity index (χ1n) is 10.4. The number of hydrogen-bond acceptors (Lipinski definition) is 3. The van der Waals surface area contributed by atoms with Gasteiger partial charge in [-0.3, -0.25) is 9.69 Å². The highest BCUT2D eigenvalue weighted by molar-refractivity contribution is 5.88. The lowest BCUT2D eigenvalue weighted by atomic mass is 9.73. The highest BCUT2D eigenvalue weighted by Gasteiger charge is 2.55. The molecule has 2 aliphatic carbocycles. The molecule has 0 radical (unpaired) electrons. The molecule has 0 N–H and O–H groups in total. The number of halogens is 1. The number of likely N-dealkylation sites (tertiary alicyclic amines) is 1. The van der Waals surface area contributed by atoms with Crippen molar-refractivity contribution in [1.82, 2.24) is 9.80 Å². The third kappa shape index (κ3) is 2.90. The molecule has 1 aromatic carbocycles. The summed E-state index contributed by atoms with van der Waals surface area (Å²) in [6, 6.07) is 7.36. The number of piperidine rings is 1. The van der Waals surface area contributed by atoms with Crippen LogP contribution in [0.5, 0.6) is 0 Å². The second-order valence-corrected chi connectivity index (χ2v) is 9.00. The zero-order valence-electron chi connectivity index (χ0n) is 16.2. The van der Waals surface area contributed by atoms with Gasteiger partial charge in [0.05, 0.1) is 13.2 Å². The van der Waals surface area contributed by atoms with Crippen LogP contribution in [0.25, 0.3) is 0 Å². The summed E-state index contributed by atoms with van der Waals surface area (Å²) >= 11 is 0. The number of fused-ring (bicyclic) bond motifs is 2. The van der Waals surface area contributed by atoms with Crippen LogP contribution in [0.4, 0.5) is 4.39 Å². The molecule has 2 aliphatic heterocycles. The first-order chi connectivity index (χ1) is 13.0. The average Bonchev–Trinajstić information content (AvgIpc) is 3.38. The van der Waals surface area contributed by atoms with Crippen molar-refractivity contribution in [3.8, 4) is 0 Å². The number of hydrogen-bond donors (Lipinski definition) is 0. The van der Waals surface area contributed by atoms with Crippen molar-refractivity contribution in [2.45, 2.75) is 56.2 Å². The lowest BCUT2D eigenvalue weighted by Crippen LogP contribution is -2.48. The van der Waals surface area contributed by atoms with Gasteiger partial charge in [0.15, 0.2) is 5.67 Å². The van der Waals surface area contributed by atoms with Crippen LogP contribution in [-0.2, 0) is 14.9 Å². The van der Waals surface area contributed by atoms with Gasteiger partial charge >= 0.3 is 0 Å². The molecule has 1 atom stereocenters. The third-order valence-corrected chi connectivity index (χ3v) is 7.29. The number of nitrogens with zero attached hydrogens (tertiary/aromatic N) is 2. The van der Waals surface area contributed by atoms with E-state index in [0.717, 1.165) is 45.6 Å². The fourth-order valence-corrected chi connectivity index (χ4v) is 5.44. The van der Waals surface area contributed by atoms with E-state index in [1.165, 1.54) is 16.7 Å². The van der Waals surface area contributed by atoms with Crippen LogP contribution in [0.1, 0.15) is 54.8 Å². The molecule has 1 unspecified atom stereocenters. The average molecular weight is 372 g/mol. The zero-order chi connectivity index (χ0) is 18.6. The van der Waals surface area contributed by atoms with Crippen LogP contribution >= 0.6 is 0 Å². The summed E-state index contributed by atoms with van der Waals surface area (Å²) < 4.78 is 19.8. The molecular formula is C22H29FN2O2. The van der Waals surface area contributed by atoms with Gasteiger partial charge in [0.2, 0.25) is 0 Å². The molecule has 4 nitrogen and oxygen atoms in total. The third-order valence-electron chi connectivity index (χ3n) is 7.29. The smallest absolute Gasteiger partial charge is 0.260 e. The quantitative estimate of drug-likeness (QED) is 0.800. The van der Waals surface area contributed by atoms with Crippen molar-refractivity contribution >= 4 is 5.91 Å². The van der Waals surface area contributed by atoms with Gasteiger partial charge in [-0.25, -0.2) is 4.39 Å². The summed E-state index contributed by atoms with van der Waals surface area (Å²) in [4.78, 5) is 16.8. The molecular weight excluding hydrogens is 343 g/mol. The molecule has 1 aromatic rings. The summed E-state index contributed by atoms with van der Waals surface area (Å²) in [5, 5.41) is 0. The molecule has 0 bridgehead atoms. The first kappa shape index (κ1) is 17.6. The van der Waals surface area contributed by atoms with Gasteiger partial charge in [0.25, 0.3) is 5.91 Å². The molecule has 3 fully saturated rings. The van der Waals surface area contributed by atoms with Crippen molar-refractivity contribution in [3.05, 3.63) is 34.9 Å². The second-order valence-electron chi connectivity index (χ2n) is 9.00. The van der Waals surface area contributed by atoms with Crippen molar-refractivity contribution < 1.29 is 13.9 Å². The van der Waals surface area contributed by atoms with Gasteiger partial charge in [-0.2, -0.15) is 0 Å². The Balaban J connectivity index is 1.40. The fraction of sp³-hybridized carbons (Fsp3) is 0.682. The van der Waals surface area contributed by atoms with Crippen LogP contribution in [0, 0.1) is 6.92 Å². The molecule has 5 heteroatoms. The molecule has 1 spiro atoms. The van der Waals surface area contributed by atoms with E-state index >= 15 is 0 Å². The predicted octanol–water partition coefficient (Wildman–Crippen LogP) is 3.13. The monoisotopic (exact) mass is 372 g/mol. The number of rotatable bonds is 2. The maximum atomic E-state index is 14.2. The molecule has 2 heterocycles. The number of amides is 1. The standard InChI is InChI=1S/C22H29FN2O2/c1-16-2-3-17-18(14-16)21(15-19(17)24-10-12-27-13-11-24)6-8-25(9-7-21)20(26)22(23)4-5-22/h2-3,14,19H,4-13,15H2,1H3. The zero-order valence-corrected chi connectivity index (χ0v) is 16.2. The highest BCUT2D eigenvalue weighted by Crippen LogP contribution is 2.53. The van der Waals surface area contributed by atoms with Gasteiger partial charge in [-0.05, 0) is 50.2 Å². The molecule has 27 heavy (non-hydrogen) atoms. The largest absolute Gasteiger partial charge is 0.379 e. The number of aryl methyl sites for hydroxylation is 1. The Morgan fingerprint density at radius 2 is 1.81 bits per heavy atom. The van der Waals surface area contributed by atoms with Crippen molar-refractivity contribution in [2.75, 3.05) is 39.4 Å². The maximum Gasteiger partial charge on any atom is 0.260 e. The lowest BCUT2D eigenvalue weighted by Gasteiger charge is -2.41. The van der Waals surface area contributed by atoms with Crippen molar-refractivity contribution in [2.24, 2.45) is 0 Å². The first-order valence-corrected chi connectivity index (χ1v) is 10.4. The summed E-state index contributed by atoms with van der Waals surface area (Å²) in [5.41, 5.74) is 2.84. The second kappa shape index (κ2) is 6.28. The summed E-state index contributed by atoms with van der Waals surface area (Å²) in [5.74, 6) is -0.260. The topological polar surface area (TPSA) is 32.8 Å². The summed E-state index contributed by atoms with van der Waals surface area (Å²) in [6.07, 6.45) is 3.84. The van der Waals surface area contributed by atoms with E-state index in [-0.39, 0.29) is 11.3 Å². The van der Waals surface area contributed by atoms with Crippen molar-refractivity contribution in [1.29, 1.82) is 0 Å². The van der Waals surface area contributed by atoms with Gasteiger partial charge in [0, 0.05) is 37.6 Å². The molecule has 2 saturated heterocycles. The maximum absolute atomic E-state index is 14.2. The van der Waals surface area contributed by atoms with E-state index in [9.17, 15) is 9.18 Å². The fourth-order valence-electron chi connectivity index (χ4n) is 5.44.